The van der Waals surface area contributed by atoms with Crippen molar-refractivity contribution in [3.8, 4) is 0 Å². The van der Waals surface area contributed by atoms with Crippen LogP contribution in [0.1, 0.15) is 46.5 Å². The maximum absolute atomic E-state index is 11.3. The van der Waals surface area contributed by atoms with E-state index in [9.17, 15) is 4.79 Å². The second kappa shape index (κ2) is 10.1. The summed E-state index contributed by atoms with van der Waals surface area (Å²) in [5.41, 5.74) is 0. The molecule has 1 N–H and O–H groups in total. The third kappa shape index (κ3) is 6.92. The molecular formula is C12H21N3O. The molecule has 0 unspecified atom stereocenters. The van der Waals surface area contributed by atoms with Gasteiger partial charge in [0.05, 0.1) is 0 Å². The van der Waals surface area contributed by atoms with Crippen molar-refractivity contribution in [2.45, 2.75) is 46.5 Å². The molecule has 90 valence electrons. The van der Waals surface area contributed by atoms with Crippen LogP contribution in [0.15, 0.2) is 18.5 Å². The van der Waals surface area contributed by atoms with Crippen LogP contribution in [0.3, 0.4) is 0 Å². The fourth-order valence-corrected chi connectivity index (χ4v) is 1.09. The van der Waals surface area contributed by atoms with Crippen LogP contribution in [-0.2, 0) is 4.79 Å². The molecule has 0 aromatic carbocycles. The molecule has 1 amide bonds. The molecule has 4 heteroatoms. The molecule has 1 rings (SSSR count). The Hall–Kier alpha value is -1.45. The highest BCUT2D eigenvalue weighted by atomic mass is 16.1. The van der Waals surface area contributed by atoms with Gasteiger partial charge in [0, 0.05) is 18.8 Å². The molecule has 16 heavy (non-hydrogen) atoms. The van der Waals surface area contributed by atoms with E-state index in [-0.39, 0.29) is 5.91 Å². The summed E-state index contributed by atoms with van der Waals surface area (Å²) in [5, 5.41) is 2.64. The molecule has 1 aromatic rings. The van der Waals surface area contributed by atoms with Crippen LogP contribution in [0, 0.1) is 0 Å². The summed E-state index contributed by atoms with van der Waals surface area (Å²) in [5.74, 6) is 0.374. The predicted molar refractivity (Wildman–Crippen MR) is 66.2 cm³/mol. The molecule has 1 aromatic heterocycles. The average molecular weight is 223 g/mol. The van der Waals surface area contributed by atoms with Gasteiger partial charge in [0.1, 0.15) is 0 Å². The van der Waals surface area contributed by atoms with Gasteiger partial charge in [-0.2, -0.15) is 0 Å². The van der Waals surface area contributed by atoms with Gasteiger partial charge in [0.25, 0.3) is 0 Å². The lowest BCUT2D eigenvalue weighted by atomic mass is 10.2. The third-order valence-corrected chi connectivity index (χ3v) is 1.82. The summed E-state index contributed by atoms with van der Waals surface area (Å²) in [6, 6.07) is 1.72. The van der Waals surface area contributed by atoms with Crippen molar-refractivity contribution in [2.75, 3.05) is 5.32 Å². The first-order valence-corrected chi connectivity index (χ1v) is 5.90. The van der Waals surface area contributed by atoms with E-state index in [1.165, 1.54) is 0 Å². The van der Waals surface area contributed by atoms with Crippen LogP contribution in [0.25, 0.3) is 0 Å². The van der Waals surface area contributed by atoms with E-state index in [0.29, 0.717) is 12.4 Å². The number of nitrogens with zero attached hydrogens (tertiary/aromatic N) is 2. The zero-order chi connectivity index (χ0) is 12.2. The van der Waals surface area contributed by atoms with Gasteiger partial charge in [0.2, 0.25) is 11.9 Å². The quantitative estimate of drug-likeness (QED) is 0.781. The van der Waals surface area contributed by atoms with Crippen molar-refractivity contribution in [1.82, 2.24) is 9.97 Å². The normalized spacial score (nSPS) is 8.94. The molecular weight excluding hydrogens is 202 g/mol. The minimum atomic E-state index is -0.00958. The van der Waals surface area contributed by atoms with Gasteiger partial charge in [0.15, 0.2) is 0 Å². The molecule has 0 aliphatic heterocycles. The van der Waals surface area contributed by atoms with E-state index in [1.54, 1.807) is 18.5 Å². The Morgan fingerprint density at radius 3 is 2.44 bits per heavy atom. The van der Waals surface area contributed by atoms with E-state index in [4.69, 9.17) is 0 Å². The largest absolute Gasteiger partial charge is 0.295 e. The summed E-state index contributed by atoms with van der Waals surface area (Å²) in [6.07, 6.45) is 6.89. The highest BCUT2D eigenvalue weighted by Gasteiger charge is 2.02. The van der Waals surface area contributed by atoms with Crippen molar-refractivity contribution >= 4 is 11.9 Å². The number of anilines is 1. The van der Waals surface area contributed by atoms with Crippen LogP contribution in [-0.4, -0.2) is 15.9 Å². The number of carbonyl (C=O) groups is 1. The Morgan fingerprint density at radius 1 is 1.25 bits per heavy atom. The van der Waals surface area contributed by atoms with Gasteiger partial charge in [-0.3, -0.25) is 10.1 Å². The molecule has 1 heterocycles. The topological polar surface area (TPSA) is 54.9 Å². The monoisotopic (exact) mass is 223 g/mol. The molecule has 0 saturated carbocycles. The summed E-state index contributed by atoms with van der Waals surface area (Å²) in [4.78, 5) is 19.1. The minimum absolute atomic E-state index is 0.00958. The molecule has 0 bridgehead atoms. The van der Waals surface area contributed by atoms with E-state index < -0.39 is 0 Å². The van der Waals surface area contributed by atoms with Gasteiger partial charge >= 0.3 is 0 Å². The summed E-state index contributed by atoms with van der Waals surface area (Å²) in [7, 11) is 0. The Labute approximate surface area is 97.5 Å². The fraction of sp³-hybridized carbons (Fsp3) is 0.583. The highest BCUT2D eigenvalue weighted by molar-refractivity contribution is 5.88. The fourth-order valence-electron chi connectivity index (χ4n) is 1.09. The molecule has 0 saturated heterocycles. The average Bonchev–Trinajstić information content (AvgIpc) is 2.33. The van der Waals surface area contributed by atoms with Crippen molar-refractivity contribution in [3.63, 3.8) is 0 Å². The Balaban J connectivity index is 0.00000106. The van der Waals surface area contributed by atoms with Gasteiger partial charge < -0.3 is 0 Å². The number of nitrogens with one attached hydrogen (secondary N) is 1. The number of unbranched alkanes of at least 4 members (excludes halogenated alkanes) is 2. The summed E-state index contributed by atoms with van der Waals surface area (Å²) < 4.78 is 0. The SMILES string of the molecule is CC.CCCCCC(=O)Nc1ncccn1. The standard InChI is InChI=1S/C10H15N3O.C2H6/c1-2-3-4-6-9(14)13-10-11-7-5-8-12-10;1-2/h5,7-8H,2-4,6H2,1H3,(H,11,12,13,14);1-2H3. The van der Waals surface area contributed by atoms with E-state index in [0.717, 1.165) is 19.3 Å². The molecule has 0 aliphatic carbocycles. The van der Waals surface area contributed by atoms with Gasteiger partial charge in [-0.1, -0.05) is 33.6 Å². The Morgan fingerprint density at radius 2 is 1.88 bits per heavy atom. The number of carbonyl (C=O) groups excluding carboxylic acids is 1. The number of hydrogen-bond acceptors (Lipinski definition) is 3. The van der Waals surface area contributed by atoms with Crippen LogP contribution in [0.5, 0.6) is 0 Å². The first-order chi connectivity index (χ1) is 7.83. The molecule has 0 spiro atoms. The van der Waals surface area contributed by atoms with Crippen LogP contribution in [0.4, 0.5) is 5.95 Å². The smallest absolute Gasteiger partial charge is 0.229 e. The molecule has 0 aliphatic rings. The van der Waals surface area contributed by atoms with Gasteiger partial charge in [-0.15, -0.1) is 0 Å². The second-order valence-corrected chi connectivity index (χ2v) is 3.08. The van der Waals surface area contributed by atoms with Crippen LogP contribution in [0.2, 0.25) is 0 Å². The summed E-state index contributed by atoms with van der Waals surface area (Å²) >= 11 is 0. The maximum Gasteiger partial charge on any atom is 0.229 e. The Bertz CT molecular complexity index is 275. The van der Waals surface area contributed by atoms with Gasteiger partial charge in [-0.25, -0.2) is 9.97 Å². The maximum atomic E-state index is 11.3. The Kier molecular flexibility index (Phi) is 9.17. The zero-order valence-electron chi connectivity index (χ0n) is 10.4. The first-order valence-electron chi connectivity index (χ1n) is 5.90. The number of hydrogen-bond donors (Lipinski definition) is 1. The number of rotatable bonds is 5. The highest BCUT2D eigenvalue weighted by Crippen LogP contribution is 2.01. The third-order valence-electron chi connectivity index (χ3n) is 1.82. The van der Waals surface area contributed by atoms with Crippen molar-refractivity contribution < 1.29 is 4.79 Å². The van der Waals surface area contributed by atoms with Crippen LogP contribution >= 0.6 is 0 Å². The molecule has 0 atom stereocenters. The zero-order valence-corrected chi connectivity index (χ0v) is 10.4. The lowest BCUT2D eigenvalue weighted by Crippen LogP contribution is -2.13. The summed E-state index contributed by atoms with van der Waals surface area (Å²) in [6.45, 7) is 6.11. The van der Waals surface area contributed by atoms with Crippen molar-refractivity contribution in [1.29, 1.82) is 0 Å². The first kappa shape index (κ1) is 14.6. The number of aromatic nitrogens is 2. The van der Waals surface area contributed by atoms with Crippen molar-refractivity contribution in [2.24, 2.45) is 0 Å². The number of amides is 1. The van der Waals surface area contributed by atoms with E-state index in [2.05, 4.69) is 22.2 Å². The lowest BCUT2D eigenvalue weighted by molar-refractivity contribution is -0.116. The molecule has 0 fully saturated rings. The second-order valence-electron chi connectivity index (χ2n) is 3.08. The molecule has 0 radical (unpaired) electrons. The lowest BCUT2D eigenvalue weighted by Gasteiger charge is -2.01. The van der Waals surface area contributed by atoms with Gasteiger partial charge in [-0.05, 0) is 12.5 Å². The van der Waals surface area contributed by atoms with E-state index >= 15 is 0 Å². The van der Waals surface area contributed by atoms with Crippen LogP contribution < -0.4 is 5.32 Å². The minimum Gasteiger partial charge on any atom is -0.295 e. The van der Waals surface area contributed by atoms with Crippen molar-refractivity contribution in [3.05, 3.63) is 18.5 Å². The van der Waals surface area contributed by atoms with E-state index in [1.807, 2.05) is 13.8 Å². The predicted octanol–water partition coefficient (Wildman–Crippen LogP) is 3.02. The molecule has 4 nitrogen and oxygen atoms in total.